The van der Waals surface area contributed by atoms with Crippen molar-refractivity contribution in [1.29, 1.82) is 0 Å². The number of carbonyl (C=O) groups excluding carboxylic acids is 1. The first kappa shape index (κ1) is 41.8. The molecule has 0 aromatic heterocycles. The smallest absolute Gasteiger partial charge is 0.431 e. The number of rotatable bonds is 22. The summed E-state index contributed by atoms with van der Waals surface area (Å²) in [5, 5.41) is 0. The van der Waals surface area contributed by atoms with E-state index in [1.807, 2.05) is 13.8 Å². The zero-order valence-corrected chi connectivity index (χ0v) is 25.5. The van der Waals surface area contributed by atoms with Crippen LogP contribution < -0.4 is 0 Å². The Bertz CT molecular complexity index is 382. The quantitative estimate of drug-likeness (QED) is 0.133. The fourth-order valence-electron chi connectivity index (χ4n) is 3.88. The highest BCUT2D eigenvalue weighted by molar-refractivity contribution is 5.85. The molecule has 0 saturated heterocycles. The molecule has 8 heteroatoms. The molecule has 6 nitrogen and oxygen atoms in total. The van der Waals surface area contributed by atoms with Crippen LogP contribution >= 0.6 is 24.8 Å². The van der Waals surface area contributed by atoms with Gasteiger partial charge in [0.25, 0.3) is 0 Å². The second-order valence-electron chi connectivity index (χ2n) is 9.49. The lowest BCUT2D eigenvalue weighted by Gasteiger charge is -2.23. The van der Waals surface area contributed by atoms with E-state index in [1.54, 1.807) is 0 Å². The molecule has 35 heavy (non-hydrogen) atoms. The summed E-state index contributed by atoms with van der Waals surface area (Å²) in [4.78, 5) is 17.3. The van der Waals surface area contributed by atoms with E-state index in [9.17, 15) is 4.79 Å². The van der Waals surface area contributed by atoms with Crippen LogP contribution in [0.3, 0.4) is 0 Å². The molecule has 0 amide bonds. The summed E-state index contributed by atoms with van der Waals surface area (Å²) in [6.45, 7) is 19.8. The molecule has 0 aromatic rings. The average molecular weight is 548 g/mol. The Labute approximate surface area is 230 Å². The second-order valence-corrected chi connectivity index (χ2v) is 9.49. The summed E-state index contributed by atoms with van der Waals surface area (Å²) in [6.07, 6.45) is 13.2. The minimum absolute atomic E-state index is 0. The normalized spacial score (nSPS) is 12.3. The first-order chi connectivity index (χ1) is 15.5. The van der Waals surface area contributed by atoms with Gasteiger partial charge in [0.1, 0.15) is 12.2 Å². The molecule has 0 aliphatic carbocycles. The second kappa shape index (κ2) is 30.0. The molecule has 0 aromatic carbocycles. The van der Waals surface area contributed by atoms with Gasteiger partial charge in [-0.15, -0.1) is 24.8 Å². The first-order valence-electron chi connectivity index (χ1n) is 13.8. The topological polar surface area (TPSA) is 73.5 Å². The Hall–Kier alpha value is -0.270. The molecule has 0 heterocycles. The number of nitrogens with zero attached hydrogens (tertiary/aromatic N) is 2. The minimum Gasteiger partial charge on any atom is -0.431 e. The van der Waals surface area contributed by atoms with Crippen LogP contribution in [0.15, 0.2) is 0 Å². The zero-order chi connectivity index (χ0) is 24.0. The van der Waals surface area contributed by atoms with Crippen LogP contribution in [0, 0.1) is 0 Å². The van der Waals surface area contributed by atoms with Gasteiger partial charge in [0, 0.05) is 0 Å². The summed E-state index contributed by atoms with van der Waals surface area (Å²) >= 11 is 0. The molecule has 0 bridgehead atoms. The van der Waals surface area contributed by atoms with Gasteiger partial charge < -0.3 is 24.7 Å². The van der Waals surface area contributed by atoms with E-state index >= 15 is 0 Å². The van der Waals surface area contributed by atoms with Crippen molar-refractivity contribution in [3.63, 3.8) is 0 Å². The number of hydrogen-bond donors (Lipinski definition) is 0. The monoisotopic (exact) mass is 546 g/mol. The van der Waals surface area contributed by atoms with E-state index < -0.39 is 6.16 Å². The highest BCUT2D eigenvalue weighted by Gasteiger charge is 2.15. The van der Waals surface area contributed by atoms with Crippen LogP contribution in [0.2, 0.25) is 0 Å². The van der Waals surface area contributed by atoms with Crippen molar-refractivity contribution in [2.45, 2.75) is 131 Å². The van der Waals surface area contributed by atoms with Gasteiger partial charge in [0.2, 0.25) is 0 Å². The lowest BCUT2D eigenvalue weighted by molar-refractivity contribution is 0.00179. The standard InChI is InChI=1S/C27H56N2O3.2ClH.H2O/c1-7-11-19-28(20-12-8-2)23-15-17-25(5)31-27(30)32-26(6)18-16-24-29(21-13-9-3)22-14-10-4;;;/h25-26H,7-24H2,1-6H3;2*1H;1H2. The molecule has 2 atom stereocenters. The third kappa shape index (κ3) is 26.6. The van der Waals surface area contributed by atoms with E-state index in [2.05, 4.69) is 37.5 Å². The molecule has 216 valence electrons. The van der Waals surface area contributed by atoms with Crippen molar-refractivity contribution in [3.05, 3.63) is 0 Å². The number of halogens is 2. The molecule has 0 aliphatic heterocycles. The van der Waals surface area contributed by atoms with E-state index in [4.69, 9.17) is 9.47 Å². The van der Waals surface area contributed by atoms with E-state index in [0.29, 0.717) is 0 Å². The summed E-state index contributed by atoms with van der Waals surface area (Å²) in [5.41, 5.74) is 0. The van der Waals surface area contributed by atoms with Gasteiger partial charge in [0.15, 0.2) is 0 Å². The Morgan fingerprint density at radius 3 is 1.09 bits per heavy atom. The Kier molecular flexibility index (Phi) is 35.8. The van der Waals surface area contributed by atoms with Crippen LogP contribution in [0.5, 0.6) is 0 Å². The lowest BCUT2D eigenvalue weighted by Crippen LogP contribution is -2.29. The van der Waals surface area contributed by atoms with Crippen molar-refractivity contribution in [1.82, 2.24) is 9.80 Å². The van der Waals surface area contributed by atoms with Gasteiger partial charge in [-0.3, -0.25) is 0 Å². The largest absolute Gasteiger partial charge is 0.508 e. The van der Waals surface area contributed by atoms with Crippen LogP contribution in [-0.4, -0.2) is 72.9 Å². The van der Waals surface area contributed by atoms with Crippen molar-refractivity contribution in [2.75, 3.05) is 39.3 Å². The Morgan fingerprint density at radius 2 is 0.829 bits per heavy atom. The van der Waals surface area contributed by atoms with Crippen LogP contribution in [0.25, 0.3) is 0 Å². The van der Waals surface area contributed by atoms with Crippen molar-refractivity contribution < 1.29 is 19.7 Å². The molecular weight excluding hydrogens is 487 g/mol. The van der Waals surface area contributed by atoms with E-state index in [-0.39, 0.29) is 42.5 Å². The predicted octanol–water partition coefficient (Wildman–Crippen LogP) is 7.30. The molecule has 0 saturated carbocycles. The predicted molar refractivity (Wildman–Crippen MR) is 156 cm³/mol. The van der Waals surface area contributed by atoms with Crippen molar-refractivity contribution in [2.24, 2.45) is 0 Å². The molecule has 2 unspecified atom stereocenters. The van der Waals surface area contributed by atoms with E-state index in [1.165, 1.54) is 77.5 Å². The molecule has 0 radical (unpaired) electrons. The fourth-order valence-corrected chi connectivity index (χ4v) is 3.88. The summed E-state index contributed by atoms with van der Waals surface area (Å²) < 4.78 is 11.0. The van der Waals surface area contributed by atoms with Gasteiger partial charge in [-0.25, -0.2) is 4.79 Å². The molecule has 2 N–H and O–H groups in total. The Morgan fingerprint density at radius 1 is 0.571 bits per heavy atom. The molecular formula is C27H60Cl2N2O4. The van der Waals surface area contributed by atoms with Gasteiger partial charge in [-0.1, -0.05) is 53.4 Å². The summed E-state index contributed by atoms with van der Waals surface area (Å²) in [7, 11) is 0. The maximum absolute atomic E-state index is 12.2. The zero-order valence-electron chi connectivity index (χ0n) is 23.8. The third-order valence-corrected chi connectivity index (χ3v) is 6.08. The Balaban J connectivity index is -0.00000160. The van der Waals surface area contributed by atoms with E-state index in [0.717, 1.165) is 38.8 Å². The van der Waals surface area contributed by atoms with Crippen LogP contribution in [0.4, 0.5) is 4.79 Å². The van der Waals surface area contributed by atoms with Gasteiger partial charge in [0.05, 0.1) is 0 Å². The average Bonchev–Trinajstić information content (AvgIpc) is 2.76. The SMILES string of the molecule is CCCCN(CCCC)CCCC(C)OC(=O)OC(C)CCCN(CCCC)CCCC.Cl.Cl.O. The summed E-state index contributed by atoms with van der Waals surface area (Å²) in [5.74, 6) is 0. The van der Waals surface area contributed by atoms with Gasteiger partial charge in [-0.2, -0.15) is 0 Å². The molecule has 0 spiro atoms. The van der Waals surface area contributed by atoms with Crippen molar-refractivity contribution >= 4 is 31.0 Å². The third-order valence-electron chi connectivity index (χ3n) is 6.08. The first-order valence-corrected chi connectivity index (χ1v) is 13.8. The maximum atomic E-state index is 12.2. The highest BCUT2D eigenvalue weighted by Crippen LogP contribution is 2.10. The highest BCUT2D eigenvalue weighted by atomic mass is 35.5. The number of hydrogen-bond acceptors (Lipinski definition) is 5. The fraction of sp³-hybridized carbons (Fsp3) is 0.963. The maximum Gasteiger partial charge on any atom is 0.508 e. The van der Waals surface area contributed by atoms with Gasteiger partial charge >= 0.3 is 6.16 Å². The molecule has 0 rings (SSSR count). The van der Waals surface area contributed by atoms with Crippen LogP contribution in [0.1, 0.15) is 119 Å². The molecule has 0 aliphatic rings. The van der Waals surface area contributed by atoms with Crippen molar-refractivity contribution in [3.8, 4) is 0 Å². The van der Waals surface area contributed by atoms with Gasteiger partial charge in [-0.05, 0) is 104 Å². The minimum atomic E-state index is -0.507. The number of carbonyl (C=O) groups is 1. The summed E-state index contributed by atoms with van der Waals surface area (Å²) in [6, 6.07) is 0. The lowest BCUT2D eigenvalue weighted by atomic mass is 10.2. The molecule has 0 fully saturated rings. The number of ether oxygens (including phenoxy) is 2. The van der Waals surface area contributed by atoms with Crippen LogP contribution in [-0.2, 0) is 9.47 Å². The number of unbranched alkanes of at least 4 members (excludes halogenated alkanes) is 4.